The Kier molecular flexibility index (Phi) is 4.42. The summed E-state index contributed by atoms with van der Waals surface area (Å²) >= 11 is 0. The molecule has 0 N–H and O–H groups in total. The first-order valence-electron chi connectivity index (χ1n) is 3.72. The van der Waals surface area contributed by atoms with E-state index in [0.717, 1.165) is 0 Å². The summed E-state index contributed by atoms with van der Waals surface area (Å²) in [6, 6.07) is 3.65. The average Bonchev–Trinajstić information content (AvgIpc) is 1.88. The Balaban J connectivity index is 0.000000187. The summed E-state index contributed by atoms with van der Waals surface area (Å²) in [7, 11) is 0. The van der Waals surface area contributed by atoms with Gasteiger partial charge in [-0.2, -0.15) is 10.2 Å². The highest BCUT2D eigenvalue weighted by Crippen LogP contribution is 2.07. The first kappa shape index (κ1) is 10.1. The molecule has 1 aromatic heterocycles. The molecule has 0 fully saturated rings. The molecular weight excluding hydrogens is 136 g/mol. The number of rotatable bonds is 0. The second-order valence-electron chi connectivity index (χ2n) is 3.91. The third kappa shape index (κ3) is 17.6. The Hall–Kier alpha value is -0.920. The minimum Gasteiger partial charge on any atom is -0.159 e. The predicted molar refractivity (Wildman–Crippen MR) is 47.2 cm³/mol. The van der Waals surface area contributed by atoms with Gasteiger partial charge in [0, 0.05) is 12.4 Å². The zero-order chi connectivity index (χ0) is 8.74. The lowest BCUT2D eigenvalue weighted by Crippen LogP contribution is -1.93. The zero-order valence-electron chi connectivity index (χ0n) is 7.70. The molecule has 1 aromatic rings. The molecule has 11 heavy (non-hydrogen) atoms. The molecule has 2 nitrogen and oxygen atoms in total. The van der Waals surface area contributed by atoms with Crippen LogP contribution in [0.1, 0.15) is 27.7 Å². The van der Waals surface area contributed by atoms with Crippen LogP contribution in [0.2, 0.25) is 0 Å². The van der Waals surface area contributed by atoms with Crippen molar-refractivity contribution in [1.29, 1.82) is 0 Å². The summed E-state index contributed by atoms with van der Waals surface area (Å²) in [6.07, 6.45) is 3.28. The van der Waals surface area contributed by atoms with Crippen LogP contribution in [-0.2, 0) is 0 Å². The average molecular weight is 152 g/mol. The van der Waals surface area contributed by atoms with Crippen molar-refractivity contribution in [3.8, 4) is 0 Å². The fraction of sp³-hybridized carbons (Fsp3) is 0.556. The molecule has 1 heterocycles. The summed E-state index contributed by atoms with van der Waals surface area (Å²) in [5, 5.41) is 7.07. The summed E-state index contributed by atoms with van der Waals surface area (Å²) in [6.45, 7) is 8.75. The van der Waals surface area contributed by atoms with Crippen molar-refractivity contribution in [2.75, 3.05) is 0 Å². The minimum atomic E-state index is 0.500. The van der Waals surface area contributed by atoms with Gasteiger partial charge in [0.15, 0.2) is 0 Å². The fourth-order valence-electron chi connectivity index (χ4n) is 0.253. The van der Waals surface area contributed by atoms with E-state index in [-0.39, 0.29) is 0 Å². The van der Waals surface area contributed by atoms with Crippen molar-refractivity contribution < 1.29 is 0 Å². The van der Waals surface area contributed by atoms with Gasteiger partial charge in [0.2, 0.25) is 0 Å². The van der Waals surface area contributed by atoms with Gasteiger partial charge in [-0.15, -0.1) is 0 Å². The van der Waals surface area contributed by atoms with Gasteiger partial charge in [-0.05, 0) is 17.5 Å². The molecule has 0 aliphatic heterocycles. The van der Waals surface area contributed by atoms with Crippen molar-refractivity contribution in [1.82, 2.24) is 10.2 Å². The molecule has 0 radical (unpaired) electrons. The van der Waals surface area contributed by atoms with E-state index in [1.54, 1.807) is 12.4 Å². The standard InChI is InChI=1S/C5H12.C4H4N2/c1-5(2,3)4;1-2-4-6-5-3-1/h1-4H3;1-4H. The van der Waals surface area contributed by atoms with Gasteiger partial charge in [-0.25, -0.2) is 0 Å². The normalized spacial score (nSPS) is 9.82. The SMILES string of the molecule is CC(C)(C)C.c1ccnnc1. The molecule has 0 aliphatic carbocycles. The fourth-order valence-corrected chi connectivity index (χ4v) is 0.253. The van der Waals surface area contributed by atoms with Crippen LogP contribution in [0.4, 0.5) is 0 Å². The van der Waals surface area contributed by atoms with E-state index in [1.165, 1.54) is 0 Å². The van der Waals surface area contributed by atoms with Crippen LogP contribution in [0, 0.1) is 5.41 Å². The molecule has 0 amide bonds. The van der Waals surface area contributed by atoms with E-state index in [0.29, 0.717) is 5.41 Å². The second-order valence-corrected chi connectivity index (χ2v) is 3.91. The van der Waals surface area contributed by atoms with Gasteiger partial charge in [0.25, 0.3) is 0 Å². The quantitative estimate of drug-likeness (QED) is 0.571. The van der Waals surface area contributed by atoms with E-state index in [1.807, 2.05) is 12.1 Å². The molecule has 0 bridgehead atoms. The van der Waals surface area contributed by atoms with Crippen LogP contribution in [0.3, 0.4) is 0 Å². The van der Waals surface area contributed by atoms with Gasteiger partial charge in [-0.1, -0.05) is 27.7 Å². The van der Waals surface area contributed by atoms with Gasteiger partial charge in [-0.3, -0.25) is 0 Å². The minimum absolute atomic E-state index is 0.500. The Morgan fingerprint density at radius 1 is 0.818 bits per heavy atom. The first-order chi connectivity index (χ1) is 5.00. The maximum Gasteiger partial charge on any atom is 0.0496 e. The lowest BCUT2D eigenvalue weighted by atomic mass is 10.0. The van der Waals surface area contributed by atoms with Crippen LogP contribution >= 0.6 is 0 Å². The predicted octanol–water partition coefficient (Wildman–Crippen LogP) is 2.53. The van der Waals surface area contributed by atoms with E-state index in [4.69, 9.17) is 0 Å². The van der Waals surface area contributed by atoms with E-state index in [9.17, 15) is 0 Å². The van der Waals surface area contributed by atoms with Crippen molar-refractivity contribution in [3.05, 3.63) is 24.5 Å². The molecule has 0 atom stereocenters. The highest BCUT2D eigenvalue weighted by molar-refractivity contribution is 4.79. The lowest BCUT2D eigenvalue weighted by molar-refractivity contribution is 0.469. The third-order valence-corrected chi connectivity index (χ3v) is 0.483. The number of hydrogen-bond donors (Lipinski definition) is 0. The molecule has 0 saturated heterocycles. The van der Waals surface area contributed by atoms with Gasteiger partial charge in [0.05, 0.1) is 0 Å². The highest BCUT2D eigenvalue weighted by Gasteiger charge is 1.95. The van der Waals surface area contributed by atoms with E-state index >= 15 is 0 Å². The largest absolute Gasteiger partial charge is 0.159 e. The molecule has 1 rings (SSSR count). The summed E-state index contributed by atoms with van der Waals surface area (Å²) in [5.74, 6) is 0. The molecule has 0 saturated carbocycles. The molecule has 2 heteroatoms. The summed E-state index contributed by atoms with van der Waals surface area (Å²) < 4.78 is 0. The molecule has 0 spiro atoms. The van der Waals surface area contributed by atoms with Crippen LogP contribution < -0.4 is 0 Å². The summed E-state index contributed by atoms with van der Waals surface area (Å²) in [4.78, 5) is 0. The summed E-state index contributed by atoms with van der Waals surface area (Å²) in [5.41, 5.74) is 0.500. The van der Waals surface area contributed by atoms with Crippen molar-refractivity contribution in [2.24, 2.45) is 5.41 Å². The maximum absolute atomic E-state index is 3.53. The highest BCUT2D eigenvalue weighted by atomic mass is 15.1. The second kappa shape index (κ2) is 4.83. The van der Waals surface area contributed by atoms with Gasteiger partial charge < -0.3 is 0 Å². The number of aromatic nitrogens is 2. The smallest absolute Gasteiger partial charge is 0.0496 e. The number of nitrogens with zero attached hydrogens (tertiary/aromatic N) is 2. The molecule has 0 aromatic carbocycles. The Bertz CT molecular complexity index is 132. The Morgan fingerprint density at radius 3 is 1.18 bits per heavy atom. The van der Waals surface area contributed by atoms with Gasteiger partial charge in [0.1, 0.15) is 0 Å². The van der Waals surface area contributed by atoms with Crippen molar-refractivity contribution in [2.45, 2.75) is 27.7 Å². The van der Waals surface area contributed by atoms with Crippen molar-refractivity contribution >= 4 is 0 Å². The lowest BCUT2D eigenvalue weighted by Gasteiger charge is -2.05. The van der Waals surface area contributed by atoms with Crippen molar-refractivity contribution in [3.63, 3.8) is 0 Å². The topological polar surface area (TPSA) is 25.8 Å². The third-order valence-electron chi connectivity index (χ3n) is 0.483. The Labute approximate surface area is 68.7 Å². The first-order valence-corrected chi connectivity index (χ1v) is 3.72. The van der Waals surface area contributed by atoms with Crippen LogP contribution in [0.25, 0.3) is 0 Å². The van der Waals surface area contributed by atoms with Crippen LogP contribution in [-0.4, -0.2) is 10.2 Å². The molecular formula is C9H16N2. The molecule has 0 unspecified atom stereocenters. The monoisotopic (exact) mass is 152 g/mol. The molecule has 62 valence electrons. The van der Waals surface area contributed by atoms with Crippen LogP contribution in [0.5, 0.6) is 0 Å². The van der Waals surface area contributed by atoms with Gasteiger partial charge >= 0.3 is 0 Å². The number of hydrogen-bond acceptors (Lipinski definition) is 2. The van der Waals surface area contributed by atoms with E-state index in [2.05, 4.69) is 37.9 Å². The van der Waals surface area contributed by atoms with E-state index < -0.39 is 0 Å². The maximum atomic E-state index is 3.53. The Morgan fingerprint density at radius 2 is 1.09 bits per heavy atom. The van der Waals surface area contributed by atoms with Crippen LogP contribution in [0.15, 0.2) is 24.5 Å². The molecule has 0 aliphatic rings. The zero-order valence-corrected chi connectivity index (χ0v) is 7.70.